The number of hydrogen-bond donors (Lipinski definition) is 2. The van der Waals surface area contributed by atoms with Gasteiger partial charge in [0.15, 0.2) is 10.6 Å². The molecule has 0 aliphatic heterocycles. The van der Waals surface area contributed by atoms with Crippen molar-refractivity contribution in [2.75, 3.05) is 24.8 Å². The van der Waals surface area contributed by atoms with Gasteiger partial charge in [-0.1, -0.05) is 25.6 Å². The van der Waals surface area contributed by atoms with Crippen LogP contribution in [0.4, 0.5) is 11.8 Å². The standard InChI is InChI=1S/C15H20N4O2S2/c1-8(2)9-5-10(21-3)13(23(4)20)6-11(9)22-12-7-18-15(17)19-14(12)16/h5-8H,1-4H3,(H4,16,17,18,19). The second-order valence-corrected chi connectivity index (χ2v) is 7.66. The molecule has 1 aromatic carbocycles. The molecule has 0 radical (unpaired) electrons. The number of anilines is 2. The third-order valence-electron chi connectivity index (χ3n) is 3.25. The van der Waals surface area contributed by atoms with Crippen LogP contribution in [0.3, 0.4) is 0 Å². The van der Waals surface area contributed by atoms with Gasteiger partial charge in [0.2, 0.25) is 5.95 Å². The zero-order chi connectivity index (χ0) is 17.1. The molecule has 0 aliphatic rings. The molecule has 2 rings (SSSR count). The van der Waals surface area contributed by atoms with Gasteiger partial charge in [-0.15, -0.1) is 0 Å². The molecular weight excluding hydrogens is 332 g/mol. The maximum atomic E-state index is 12.0. The Hall–Kier alpha value is -1.64. The Bertz CT molecular complexity index is 708. The van der Waals surface area contributed by atoms with Gasteiger partial charge in [-0.05, 0) is 28.7 Å². The molecule has 0 bridgehead atoms. The quantitative estimate of drug-likeness (QED) is 0.796. The van der Waals surface area contributed by atoms with E-state index >= 15 is 0 Å². The van der Waals surface area contributed by atoms with Gasteiger partial charge >= 0.3 is 0 Å². The summed E-state index contributed by atoms with van der Waals surface area (Å²) in [6.07, 6.45) is 3.22. The Morgan fingerprint density at radius 1 is 1.26 bits per heavy atom. The predicted octanol–water partition coefficient (Wildman–Crippen LogP) is 2.66. The van der Waals surface area contributed by atoms with Crippen LogP contribution in [-0.4, -0.2) is 27.9 Å². The zero-order valence-corrected chi connectivity index (χ0v) is 15.1. The van der Waals surface area contributed by atoms with E-state index in [1.807, 2.05) is 12.1 Å². The van der Waals surface area contributed by atoms with Gasteiger partial charge in [0.05, 0.1) is 12.0 Å². The van der Waals surface area contributed by atoms with E-state index in [1.165, 1.54) is 11.8 Å². The van der Waals surface area contributed by atoms with E-state index in [9.17, 15) is 4.55 Å². The van der Waals surface area contributed by atoms with Crippen molar-refractivity contribution in [2.24, 2.45) is 0 Å². The SMILES string of the molecule is COc1cc(C(C)C)c(Sc2cnc(N)nc2N)cc1[S+](C)[O-]. The molecule has 6 nitrogen and oxygen atoms in total. The third kappa shape index (κ3) is 4.01. The minimum atomic E-state index is -1.16. The van der Waals surface area contributed by atoms with Crippen LogP contribution in [0.15, 0.2) is 33.0 Å². The normalized spacial score (nSPS) is 12.4. The Balaban J connectivity index is 2.52. The van der Waals surface area contributed by atoms with Crippen molar-refractivity contribution in [3.63, 3.8) is 0 Å². The second kappa shape index (κ2) is 7.29. The molecule has 0 saturated carbocycles. The number of nitrogens with zero attached hydrogens (tertiary/aromatic N) is 2. The van der Waals surface area contributed by atoms with Gasteiger partial charge in [-0.25, -0.2) is 4.98 Å². The number of ether oxygens (including phenoxy) is 1. The fourth-order valence-electron chi connectivity index (χ4n) is 2.08. The summed E-state index contributed by atoms with van der Waals surface area (Å²) in [6, 6.07) is 3.81. The van der Waals surface area contributed by atoms with Crippen molar-refractivity contribution in [3.8, 4) is 5.75 Å². The molecule has 0 aliphatic carbocycles. The molecule has 8 heteroatoms. The summed E-state index contributed by atoms with van der Waals surface area (Å²) < 4.78 is 17.4. The molecule has 0 saturated heterocycles. The predicted molar refractivity (Wildman–Crippen MR) is 94.4 cm³/mol. The first-order valence-corrected chi connectivity index (χ1v) is 9.32. The largest absolute Gasteiger partial charge is 0.612 e. The van der Waals surface area contributed by atoms with Crippen LogP contribution in [-0.2, 0) is 11.2 Å². The molecule has 23 heavy (non-hydrogen) atoms. The van der Waals surface area contributed by atoms with Crippen molar-refractivity contribution in [3.05, 3.63) is 23.9 Å². The van der Waals surface area contributed by atoms with Crippen molar-refractivity contribution < 1.29 is 9.29 Å². The molecule has 0 spiro atoms. The summed E-state index contributed by atoms with van der Waals surface area (Å²) in [7, 11) is 1.58. The van der Waals surface area contributed by atoms with E-state index in [2.05, 4.69) is 23.8 Å². The summed E-state index contributed by atoms with van der Waals surface area (Å²) in [4.78, 5) is 10.3. The number of benzene rings is 1. The monoisotopic (exact) mass is 352 g/mol. The Morgan fingerprint density at radius 3 is 2.48 bits per heavy atom. The summed E-state index contributed by atoms with van der Waals surface area (Å²) in [5, 5.41) is 0. The molecular formula is C15H20N4O2S2. The second-order valence-electron chi connectivity index (χ2n) is 5.23. The van der Waals surface area contributed by atoms with E-state index in [-0.39, 0.29) is 11.9 Å². The minimum Gasteiger partial charge on any atom is -0.612 e. The van der Waals surface area contributed by atoms with Crippen LogP contribution in [0.25, 0.3) is 0 Å². The van der Waals surface area contributed by atoms with E-state index in [1.54, 1.807) is 19.6 Å². The van der Waals surface area contributed by atoms with Crippen molar-refractivity contribution in [2.45, 2.75) is 34.5 Å². The average molecular weight is 352 g/mol. The van der Waals surface area contributed by atoms with Gasteiger partial charge in [0.1, 0.15) is 12.1 Å². The summed E-state index contributed by atoms with van der Waals surface area (Å²) in [6.45, 7) is 4.18. The summed E-state index contributed by atoms with van der Waals surface area (Å²) >= 11 is 0.273. The van der Waals surface area contributed by atoms with Gasteiger partial charge < -0.3 is 20.8 Å². The van der Waals surface area contributed by atoms with E-state index in [4.69, 9.17) is 16.2 Å². The van der Waals surface area contributed by atoms with E-state index < -0.39 is 11.2 Å². The van der Waals surface area contributed by atoms with Crippen LogP contribution >= 0.6 is 11.8 Å². The Kier molecular flexibility index (Phi) is 5.61. The number of nitrogens with two attached hydrogens (primary N) is 2. The highest BCUT2D eigenvalue weighted by Gasteiger charge is 2.20. The zero-order valence-electron chi connectivity index (χ0n) is 13.5. The fourth-order valence-corrected chi connectivity index (χ4v) is 3.94. The first kappa shape index (κ1) is 17.7. The third-order valence-corrected chi connectivity index (χ3v) is 5.30. The fraction of sp³-hybridized carbons (Fsp3) is 0.333. The number of rotatable bonds is 5. The maximum absolute atomic E-state index is 12.0. The first-order valence-electron chi connectivity index (χ1n) is 6.94. The van der Waals surface area contributed by atoms with Gasteiger partial charge in [-0.2, -0.15) is 4.98 Å². The van der Waals surface area contributed by atoms with Crippen LogP contribution in [0, 0.1) is 0 Å². The molecule has 2 aromatic rings. The number of methoxy groups -OCH3 is 1. The van der Waals surface area contributed by atoms with Crippen LogP contribution in [0.1, 0.15) is 25.3 Å². The molecule has 1 heterocycles. The molecule has 4 N–H and O–H groups in total. The van der Waals surface area contributed by atoms with Crippen molar-refractivity contribution in [1.82, 2.24) is 9.97 Å². The van der Waals surface area contributed by atoms with Gasteiger partial charge in [0.25, 0.3) is 0 Å². The molecule has 1 atom stereocenters. The van der Waals surface area contributed by atoms with E-state index in [0.29, 0.717) is 21.4 Å². The number of aromatic nitrogens is 2. The Labute approximate surface area is 143 Å². The lowest BCUT2D eigenvalue weighted by molar-refractivity contribution is 0.401. The highest BCUT2D eigenvalue weighted by molar-refractivity contribution is 7.99. The highest BCUT2D eigenvalue weighted by atomic mass is 32.2. The maximum Gasteiger partial charge on any atom is 0.221 e. The van der Waals surface area contributed by atoms with Crippen LogP contribution < -0.4 is 16.2 Å². The van der Waals surface area contributed by atoms with Crippen molar-refractivity contribution in [1.29, 1.82) is 0 Å². The number of hydrogen-bond acceptors (Lipinski definition) is 7. The van der Waals surface area contributed by atoms with Gasteiger partial charge in [-0.3, -0.25) is 0 Å². The minimum absolute atomic E-state index is 0.140. The molecule has 1 aromatic heterocycles. The smallest absolute Gasteiger partial charge is 0.221 e. The van der Waals surface area contributed by atoms with Crippen molar-refractivity contribution >= 4 is 34.7 Å². The van der Waals surface area contributed by atoms with Crippen LogP contribution in [0.2, 0.25) is 0 Å². The van der Waals surface area contributed by atoms with Gasteiger partial charge in [0, 0.05) is 17.2 Å². The molecule has 124 valence electrons. The summed E-state index contributed by atoms with van der Waals surface area (Å²) in [5.74, 6) is 1.36. The molecule has 0 amide bonds. The lowest BCUT2D eigenvalue weighted by Crippen LogP contribution is -2.04. The molecule has 1 unspecified atom stereocenters. The average Bonchev–Trinajstić information content (AvgIpc) is 2.49. The summed E-state index contributed by atoms with van der Waals surface area (Å²) in [5.41, 5.74) is 12.5. The Morgan fingerprint density at radius 2 is 1.96 bits per heavy atom. The topological polar surface area (TPSA) is 110 Å². The lowest BCUT2D eigenvalue weighted by Gasteiger charge is -2.17. The van der Waals surface area contributed by atoms with Crippen LogP contribution in [0.5, 0.6) is 5.75 Å². The lowest BCUT2D eigenvalue weighted by atomic mass is 10.0. The number of nitrogen functional groups attached to an aromatic ring is 2. The highest BCUT2D eigenvalue weighted by Crippen LogP contribution is 2.40. The first-order chi connectivity index (χ1) is 10.8. The van der Waals surface area contributed by atoms with E-state index in [0.717, 1.165) is 10.5 Å². The molecule has 0 fully saturated rings.